The SMILES string of the molecule is CCOc1ccc(N(CC(=O)N(Cc2ccc(Cl)c(Cl)c2)[C@H](CC)C(=O)NC2CCCC2)S(=O)(=O)c2ccc(Br)cc2)cc1. The Morgan fingerprint density at radius 1 is 0.977 bits per heavy atom. The van der Waals surface area contributed by atoms with Crippen LogP contribution >= 0.6 is 39.1 Å². The highest BCUT2D eigenvalue weighted by atomic mass is 79.9. The Hall–Kier alpha value is -2.79. The van der Waals surface area contributed by atoms with Gasteiger partial charge < -0.3 is 15.0 Å². The van der Waals surface area contributed by atoms with E-state index in [-0.39, 0.29) is 29.1 Å². The number of carbonyl (C=O) groups is 2. The fourth-order valence-corrected chi connectivity index (χ4v) is 7.26. The van der Waals surface area contributed by atoms with E-state index < -0.39 is 28.5 Å². The quantitative estimate of drug-likeness (QED) is 0.201. The lowest BCUT2D eigenvalue weighted by Gasteiger charge is -2.34. The molecule has 8 nitrogen and oxygen atoms in total. The molecule has 0 bridgehead atoms. The van der Waals surface area contributed by atoms with Gasteiger partial charge in [0.1, 0.15) is 18.3 Å². The third-order valence-electron chi connectivity index (χ3n) is 7.54. The summed E-state index contributed by atoms with van der Waals surface area (Å²) in [5.74, 6) is -0.241. The van der Waals surface area contributed by atoms with Gasteiger partial charge in [-0.2, -0.15) is 0 Å². The summed E-state index contributed by atoms with van der Waals surface area (Å²) in [6.07, 6.45) is 4.19. The van der Waals surface area contributed by atoms with Gasteiger partial charge in [-0.25, -0.2) is 8.42 Å². The first-order valence-electron chi connectivity index (χ1n) is 14.6. The first kappa shape index (κ1) is 34.1. The van der Waals surface area contributed by atoms with E-state index in [9.17, 15) is 18.0 Å². The molecule has 0 saturated heterocycles. The number of ether oxygens (including phenoxy) is 1. The van der Waals surface area contributed by atoms with E-state index in [0.29, 0.717) is 38.9 Å². The Labute approximate surface area is 277 Å². The molecule has 0 radical (unpaired) electrons. The van der Waals surface area contributed by atoms with Crippen molar-refractivity contribution in [2.24, 2.45) is 0 Å². The van der Waals surface area contributed by atoms with Crippen LogP contribution in [-0.4, -0.2) is 50.4 Å². The van der Waals surface area contributed by atoms with E-state index in [1.807, 2.05) is 13.8 Å². The summed E-state index contributed by atoms with van der Waals surface area (Å²) in [4.78, 5) is 29.3. The summed E-state index contributed by atoms with van der Waals surface area (Å²) in [6, 6.07) is 16.9. The second-order valence-electron chi connectivity index (χ2n) is 10.6. The lowest BCUT2D eigenvalue weighted by Crippen LogP contribution is -2.53. The Balaban J connectivity index is 1.72. The molecule has 3 aromatic carbocycles. The van der Waals surface area contributed by atoms with Crippen LogP contribution in [0.2, 0.25) is 10.0 Å². The van der Waals surface area contributed by atoms with Crippen LogP contribution in [0.4, 0.5) is 5.69 Å². The molecule has 0 spiro atoms. The molecule has 12 heteroatoms. The van der Waals surface area contributed by atoms with Crippen LogP contribution in [0.3, 0.4) is 0 Å². The van der Waals surface area contributed by atoms with Gasteiger partial charge in [-0.3, -0.25) is 13.9 Å². The molecule has 1 aliphatic rings. The van der Waals surface area contributed by atoms with Gasteiger partial charge in [-0.05, 0) is 92.4 Å². The summed E-state index contributed by atoms with van der Waals surface area (Å²) < 4.78 is 35.4. The fourth-order valence-electron chi connectivity index (χ4n) is 5.26. The van der Waals surface area contributed by atoms with Crippen molar-refractivity contribution in [2.75, 3.05) is 17.5 Å². The number of sulfonamides is 1. The Kier molecular flexibility index (Phi) is 12.0. The van der Waals surface area contributed by atoms with Crippen LogP contribution in [0.15, 0.2) is 76.1 Å². The zero-order valence-electron chi connectivity index (χ0n) is 24.6. The van der Waals surface area contributed by atoms with Crippen molar-refractivity contribution in [3.8, 4) is 5.75 Å². The molecule has 1 aliphatic carbocycles. The minimum atomic E-state index is -4.20. The molecule has 1 N–H and O–H groups in total. The number of halogens is 3. The first-order chi connectivity index (χ1) is 21.0. The van der Waals surface area contributed by atoms with Crippen molar-refractivity contribution >= 4 is 66.7 Å². The highest BCUT2D eigenvalue weighted by Gasteiger charge is 2.34. The number of nitrogens with one attached hydrogen (secondary N) is 1. The average molecular weight is 726 g/mol. The molecule has 0 heterocycles. The number of amides is 2. The van der Waals surface area contributed by atoms with Crippen LogP contribution in [0.25, 0.3) is 0 Å². The Bertz CT molecular complexity index is 1550. The smallest absolute Gasteiger partial charge is 0.264 e. The highest BCUT2D eigenvalue weighted by Crippen LogP contribution is 2.29. The molecule has 0 aromatic heterocycles. The van der Waals surface area contributed by atoms with Crippen LogP contribution < -0.4 is 14.4 Å². The van der Waals surface area contributed by atoms with Crippen molar-refractivity contribution in [2.45, 2.75) is 69.5 Å². The zero-order valence-corrected chi connectivity index (χ0v) is 28.6. The Morgan fingerprint density at radius 2 is 1.64 bits per heavy atom. The third-order valence-corrected chi connectivity index (χ3v) is 10.6. The summed E-state index contributed by atoms with van der Waals surface area (Å²) in [5.41, 5.74) is 0.936. The van der Waals surface area contributed by atoms with Crippen molar-refractivity contribution in [3.63, 3.8) is 0 Å². The molecule has 1 saturated carbocycles. The predicted molar refractivity (Wildman–Crippen MR) is 178 cm³/mol. The fraction of sp³-hybridized carbons (Fsp3) is 0.375. The van der Waals surface area contributed by atoms with Crippen molar-refractivity contribution in [3.05, 3.63) is 86.8 Å². The van der Waals surface area contributed by atoms with Crippen LogP contribution in [0.1, 0.15) is 51.5 Å². The summed E-state index contributed by atoms with van der Waals surface area (Å²) in [5, 5.41) is 3.78. The molecule has 4 rings (SSSR count). The third kappa shape index (κ3) is 8.47. The topological polar surface area (TPSA) is 96.0 Å². The molecular weight excluding hydrogens is 689 g/mol. The maximum Gasteiger partial charge on any atom is 0.264 e. The van der Waals surface area contributed by atoms with Gasteiger partial charge in [-0.15, -0.1) is 0 Å². The van der Waals surface area contributed by atoms with Crippen molar-refractivity contribution in [1.29, 1.82) is 0 Å². The number of hydrogen-bond acceptors (Lipinski definition) is 5. The van der Waals surface area contributed by atoms with E-state index in [4.69, 9.17) is 27.9 Å². The van der Waals surface area contributed by atoms with Gasteiger partial charge in [0.15, 0.2) is 0 Å². The van der Waals surface area contributed by atoms with Crippen LogP contribution in [-0.2, 0) is 26.2 Å². The van der Waals surface area contributed by atoms with Crippen molar-refractivity contribution in [1.82, 2.24) is 10.2 Å². The van der Waals surface area contributed by atoms with Crippen LogP contribution in [0, 0.1) is 0 Å². The van der Waals surface area contributed by atoms with E-state index >= 15 is 0 Å². The second-order valence-corrected chi connectivity index (χ2v) is 14.2. The number of benzene rings is 3. The lowest BCUT2D eigenvalue weighted by molar-refractivity contribution is -0.140. The van der Waals surface area contributed by atoms with Gasteiger partial charge >= 0.3 is 0 Å². The molecule has 2 amide bonds. The summed E-state index contributed by atoms with van der Waals surface area (Å²) in [6.45, 7) is 3.62. The standard InChI is InChI=1S/C32H36BrCl2N3O5S/c1-3-30(32(40)36-24-7-5-6-8-24)37(20-22-9-18-28(34)29(35)19-22)31(39)21-38(25-12-14-26(15-13-25)43-4-2)44(41,42)27-16-10-23(33)11-17-27/h9-19,24,30H,3-8,20-21H2,1-2H3,(H,36,40)/t30-/m1/s1. The molecule has 236 valence electrons. The first-order valence-corrected chi connectivity index (χ1v) is 17.6. The predicted octanol–water partition coefficient (Wildman–Crippen LogP) is 7.22. The zero-order chi connectivity index (χ0) is 31.9. The molecule has 1 fully saturated rings. The second kappa shape index (κ2) is 15.5. The minimum absolute atomic E-state index is 0.0180. The molecule has 0 aliphatic heterocycles. The highest BCUT2D eigenvalue weighted by molar-refractivity contribution is 9.10. The monoisotopic (exact) mass is 723 g/mol. The van der Waals surface area contributed by atoms with Gasteiger partial charge in [0.2, 0.25) is 11.8 Å². The van der Waals surface area contributed by atoms with E-state index in [1.54, 1.807) is 54.6 Å². The molecule has 44 heavy (non-hydrogen) atoms. The van der Waals surface area contributed by atoms with Crippen LogP contribution in [0.5, 0.6) is 5.75 Å². The molecule has 3 aromatic rings. The van der Waals surface area contributed by atoms with Gasteiger partial charge in [-0.1, -0.05) is 65.0 Å². The summed E-state index contributed by atoms with van der Waals surface area (Å²) in [7, 11) is -4.20. The lowest BCUT2D eigenvalue weighted by atomic mass is 10.1. The van der Waals surface area contributed by atoms with Gasteiger partial charge in [0.25, 0.3) is 10.0 Å². The number of anilines is 1. The molecular formula is C32H36BrCl2N3O5S. The van der Waals surface area contributed by atoms with E-state index in [1.165, 1.54) is 17.0 Å². The number of carbonyl (C=O) groups excluding carboxylic acids is 2. The maximum atomic E-state index is 14.3. The Morgan fingerprint density at radius 3 is 2.23 bits per heavy atom. The van der Waals surface area contributed by atoms with Gasteiger partial charge in [0, 0.05) is 17.1 Å². The number of nitrogens with zero attached hydrogens (tertiary/aromatic N) is 2. The maximum absolute atomic E-state index is 14.3. The normalized spacial score (nSPS) is 14.2. The number of hydrogen-bond donors (Lipinski definition) is 1. The largest absolute Gasteiger partial charge is 0.494 e. The van der Waals surface area contributed by atoms with Crippen molar-refractivity contribution < 1.29 is 22.7 Å². The van der Waals surface area contributed by atoms with Gasteiger partial charge in [0.05, 0.1) is 27.2 Å². The van der Waals surface area contributed by atoms with E-state index in [2.05, 4.69) is 21.2 Å². The molecule has 0 unspecified atom stereocenters. The number of rotatable bonds is 13. The average Bonchev–Trinajstić information content (AvgIpc) is 3.51. The molecule has 1 atom stereocenters. The minimum Gasteiger partial charge on any atom is -0.494 e. The van der Waals surface area contributed by atoms with E-state index in [0.717, 1.165) is 30.0 Å². The summed E-state index contributed by atoms with van der Waals surface area (Å²) >= 11 is 15.8.